The van der Waals surface area contributed by atoms with Gasteiger partial charge in [-0.3, -0.25) is 9.59 Å². The van der Waals surface area contributed by atoms with Gasteiger partial charge in [0.15, 0.2) is 0 Å². The lowest BCUT2D eigenvalue weighted by molar-refractivity contribution is 0.0845. The number of hydrogen-bond donors (Lipinski definition) is 3. The number of carbonyl (C=O) groups is 1. The van der Waals surface area contributed by atoms with Gasteiger partial charge in [0, 0.05) is 61.4 Å². The van der Waals surface area contributed by atoms with E-state index in [0.717, 1.165) is 71.8 Å². The first-order valence-corrected chi connectivity index (χ1v) is 13.1. The van der Waals surface area contributed by atoms with Crippen molar-refractivity contribution >= 4 is 11.6 Å². The smallest absolute Gasteiger partial charge is 0.253 e. The van der Waals surface area contributed by atoms with Gasteiger partial charge in [-0.25, -0.2) is 0 Å². The fourth-order valence-corrected chi connectivity index (χ4v) is 5.49. The predicted molar refractivity (Wildman–Crippen MR) is 149 cm³/mol. The van der Waals surface area contributed by atoms with Crippen molar-refractivity contribution in [3.8, 4) is 11.1 Å². The molecule has 0 aliphatic carbocycles. The molecule has 0 spiro atoms. The molecule has 1 aliphatic rings. The van der Waals surface area contributed by atoms with Crippen LogP contribution in [0.25, 0.3) is 11.1 Å². The van der Waals surface area contributed by atoms with Gasteiger partial charge in [0.25, 0.3) is 11.5 Å². The molecule has 1 fully saturated rings. The molecular formula is C30H38N4O3. The third-order valence-corrected chi connectivity index (χ3v) is 7.38. The summed E-state index contributed by atoms with van der Waals surface area (Å²) < 4.78 is 5.62. The summed E-state index contributed by atoms with van der Waals surface area (Å²) in [7, 11) is 0. The zero-order chi connectivity index (χ0) is 26.5. The van der Waals surface area contributed by atoms with Crippen molar-refractivity contribution in [1.82, 2.24) is 10.3 Å². The average molecular weight is 503 g/mol. The Bertz CT molecular complexity index is 1310. The SMILES string of the molecule is CCN(c1cc(-c2ccccc2)c(CN)c(C(=O)NCc2c(C)cc(C)[nH]c2=O)c1C)C1CCOCC1. The van der Waals surface area contributed by atoms with E-state index in [1.54, 1.807) is 0 Å². The molecular weight excluding hydrogens is 464 g/mol. The van der Waals surface area contributed by atoms with Gasteiger partial charge in [-0.15, -0.1) is 0 Å². The largest absolute Gasteiger partial charge is 0.381 e. The fourth-order valence-electron chi connectivity index (χ4n) is 5.49. The van der Waals surface area contributed by atoms with Crippen molar-refractivity contribution < 1.29 is 9.53 Å². The number of benzene rings is 2. The standard InChI is InChI=1S/C30H38N4O3/c1-5-34(23-11-13-37-14-12-23)27-16-24(22-9-7-6-8-10-22)25(17-31)28(21(27)4)30(36)32-18-26-19(2)15-20(3)33-29(26)35/h6-10,15-16,23H,5,11-14,17-18,31H2,1-4H3,(H,32,36)(H,33,35). The lowest BCUT2D eigenvalue weighted by Gasteiger charge is -2.37. The third-order valence-electron chi connectivity index (χ3n) is 7.38. The van der Waals surface area contributed by atoms with E-state index in [4.69, 9.17) is 10.5 Å². The second-order valence-corrected chi connectivity index (χ2v) is 9.75. The quantitative estimate of drug-likeness (QED) is 0.425. The average Bonchev–Trinajstić information content (AvgIpc) is 2.90. The maximum atomic E-state index is 13.8. The second kappa shape index (κ2) is 11.8. The number of nitrogens with two attached hydrogens (primary N) is 1. The Balaban J connectivity index is 1.81. The van der Waals surface area contributed by atoms with Crippen molar-refractivity contribution in [2.45, 2.75) is 59.7 Å². The van der Waals surface area contributed by atoms with Crippen LogP contribution in [0.15, 0.2) is 47.3 Å². The van der Waals surface area contributed by atoms with Crippen molar-refractivity contribution in [1.29, 1.82) is 0 Å². The molecule has 0 radical (unpaired) electrons. The molecule has 0 atom stereocenters. The number of rotatable bonds is 8. The molecule has 2 aromatic carbocycles. The molecule has 4 N–H and O–H groups in total. The molecule has 7 nitrogen and oxygen atoms in total. The highest BCUT2D eigenvalue weighted by atomic mass is 16.5. The number of aromatic nitrogens is 1. The predicted octanol–water partition coefficient (Wildman–Crippen LogP) is 4.36. The van der Waals surface area contributed by atoms with Gasteiger partial charge in [-0.05, 0) is 80.5 Å². The van der Waals surface area contributed by atoms with E-state index in [1.807, 2.05) is 45.0 Å². The van der Waals surface area contributed by atoms with Crippen LogP contribution in [-0.4, -0.2) is 36.7 Å². The first-order chi connectivity index (χ1) is 17.8. The molecule has 0 bridgehead atoms. The summed E-state index contributed by atoms with van der Waals surface area (Å²) in [5.74, 6) is -0.223. The van der Waals surface area contributed by atoms with Gasteiger partial charge in [-0.2, -0.15) is 0 Å². The Hall–Kier alpha value is -3.42. The van der Waals surface area contributed by atoms with Gasteiger partial charge in [0.05, 0.1) is 0 Å². The molecule has 0 unspecified atom stereocenters. The number of amides is 1. The van der Waals surface area contributed by atoms with E-state index in [0.29, 0.717) is 17.2 Å². The van der Waals surface area contributed by atoms with Crippen molar-refractivity contribution in [3.05, 3.63) is 86.3 Å². The van der Waals surface area contributed by atoms with E-state index in [1.165, 1.54) is 0 Å². The topological polar surface area (TPSA) is 100 Å². The molecule has 1 saturated heterocycles. The number of nitrogens with one attached hydrogen (secondary N) is 2. The van der Waals surface area contributed by atoms with E-state index >= 15 is 0 Å². The summed E-state index contributed by atoms with van der Waals surface area (Å²) in [6, 6.07) is 14.5. The lowest BCUT2D eigenvalue weighted by Crippen LogP contribution is -2.40. The fraction of sp³-hybridized carbons (Fsp3) is 0.400. The van der Waals surface area contributed by atoms with Crippen LogP contribution in [0.2, 0.25) is 0 Å². The summed E-state index contributed by atoms with van der Waals surface area (Å²) in [6.45, 7) is 10.6. The van der Waals surface area contributed by atoms with Crippen LogP contribution in [0.4, 0.5) is 5.69 Å². The number of aryl methyl sites for hydroxylation is 2. The second-order valence-electron chi connectivity index (χ2n) is 9.75. The highest BCUT2D eigenvalue weighted by Crippen LogP contribution is 2.37. The zero-order valence-electron chi connectivity index (χ0n) is 22.3. The highest BCUT2D eigenvalue weighted by molar-refractivity contribution is 6.01. The molecule has 3 aromatic rings. The minimum Gasteiger partial charge on any atom is -0.381 e. The summed E-state index contributed by atoms with van der Waals surface area (Å²) in [5.41, 5.74) is 13.7. The molecule has 2 heterocycles. The Morgan fingerprint density at radius 3 is 2.43 bits per heavy atom. The first kappa shape index (κ1) is 26.6. The maximum absolute atomic E-state index is 13.8. The van der Waals surface area contributed by atoms with Gasteiger partial charge >= 0.3 is 0 Å². The Labute approximate surface area is 219 Å². The molecule has 1 aromatic heterocycles. The Morgan fingerprint density at radius 1 is 1.11 bits per heavy atom. The zero-order valence-corrected chi connectivity index (χ0v) is 22.3. The summed E-state index contributed by atoms with van der Waals surface area (Å²) >= 11 is 0. The van der Waals surface area contributed by atoms with E-state index in [9.17, 15) is 9.59 Å². The Morgan fingerprint density at radius 2 is 1.81 bits per heavy atom. The Kier molecular flexibility index (Phi) is 8.46. The minimum atomic E-state index is -0.223. The summed E-state index contributed by atoms with van der Waals surface area (Å²) in [4.78, 5) is 31.6. The molecule has 7 heteroatoms. The number of H-pyrrole nitrogens is 1. The molecule has 1 aliphatic heterocycles. The number of ether oxygens (including phenoxy) is 1. The molecule has 1 amide bonds. The normalized spacial score (nSPS) is 14.0. The van der Waals surface area contributed by atoms with Gasteiger partial charge in [0.2, 0.25) is 0 Å². The molecule has 0 saturated carbocycles. The van der Waals surface area contributed by atoms with Crippen LogP contribution in [-0.2, 0) is 17.8 Å². The monoisotopic (exact) mass is 502 g/mol. The van der Waals surface area contributed by atoms with Gasteiger partial charge in [-0.1, -0.05) is 30.3 Å². The number of pyridine rings is 1. The van der Waals surface area contributed by atoms with Crippen LogP contribution in [0.3, 0.4) is 0 Å². The van der Waals surface area contributed by atoms with Crippen molar-refractivity contribution in [2.24, 2.45) is 5.73 Å². The highest BCUT2D eigenvalue weighted by Gasteiger charge is 2.27. The lowest BCUT2D eigenvalue weighted by atomic mass is 9.89. The number of hydrogen-bond acceptors (Lipinski definition) is 5. The van der Waals surface area contributed by atoms with Crippen LogP contribution in [0.1, 0.15) is 58.1 Å². The third kappa shape index (κ3) is 5.63. The van der Waals surface area contributed by atoms with E-state index in [-0.39, 0.29) is 24.6 Å². The first-order valence-electron chi connectivity index (χ1n) is 13.1. The van der Waals surface area contributed by atoms with Crippen molar-refractivity contribution in [3.63, 3.8) is 0 Å². The van der Waals surface area contributed by atoms with Crippen LogP contribution >= 0.6 is 0 Å². The number of anilines is 1. The van der Waals surface area contributed by atoms with Crippen LogP contribution in [0.5, 0.6) is 0 Å². The van der Waals surface area contributed by atoms with Crippen molar-refractivity contribution in [2.75, 3.05) is 24.7 Å². The number of aromatic amines is 1. The number of carbonyl (C=O) groups excluding carboxylic acids is 1. The van der Waals surface area contributed by atoms with Crippen LogP contribution < -0.4 is 21.5 Å². The van der Waals surface area contributed by atoms with Crippen LogP contribution in [0, 0.1) is 20.8 Å². The maximum Gasteiger partial charge on any atom is 0.253 e. The summed E-state index contributed by atoms with van der Waals surface area (Å²) in [5, 5.41) is 3.02. The van der Waals surface area contributed by atoms with E-state index < -0.39 is 0 Å². The molecule has 4 rings (SSSR count). The minimum absolute atomic E-state index is 0.145. The van der Waals surface area contributed by atoms with Gasteiger partial charge < -0.3 is 25.7 Å². The molecule has 196 valence electrons. The van der Waals surface area contributed by atoms with E-state index in [2.05, 4.69) is 40.3 Å². The number of nitrogens with zero attached hydrogens (tertiary/aromatic N) is 1. The molecule has 37 heavy (non-hydrogen) atoms. The summed E-state index contributed by atoms with van der Waals surface area (Å²) in [6.07, 6.45) is 1.90. The van der Waals surface area contributed by atoms with Gasteiger partial charge in [0.1, 0.15) is 0 Å².